The maximum atomic E-state index is 11.9. The molecular formula is C15H22N2O2. The Hall–Kier alpha value is -1.68. The highest BCUT2D eigenvalue weighted by Crippen LogP contribution is 2.10. The number of nitrogens with zero attached hydrogens (tertiary/aromatic N) is 1. The average Bonchev–Trinajstić information content (AvgIpc) is 2.36. The number of aryl methyl sites for hydroxylation is 2. The SMILES string of the molecule is Cc1ccc(C(=O)C(=O)NCCCN(C)C)cc1C. The van der Waals surface area contributed by atoms with Crippen LogP contribution in [0.1, 0.15) is 27.9 Å². The zero-order chi connectivity index (χ0) is 14.4. The van der Waals surface area contributed by atoms with Gasteiger partial charge in [-0.2, -0.15) is 0 Å². The maximum Gasteiger partial charge on any atom is 0.292 e. The van der Waals surface area contributed by atoms with E-state index in [1.165, 1.54) is 0 Å². The van der Waals surface area contributed by atoms with Crippen molar-refractivity contribution in [3.8, 4) is 0 Å². The average molecular weight is 262 g/mol. The summed E-state index contributed by atoms with van der Waals surface area (Å²) < 4.78 is 0. The van der Waals surface area contributed by atoms with Crippen molar-refractivity contribution in [2.24, 2.45) is 0 Å². The Labute approximate surface area is 114 Å². The highest BCUT2D eigenvalue weighted by molar-refractivity contribution is 6.42. The van der Waals surface area contributed by atoms with Crippen LogP contribution in [0.4, 0.5) is 0 Å². The number of ketones is 1. The van der Waals surface area contributed by atoms with Crippen molar-refractivity contribution in [2.45, 2.75) is 20.3 Å². The topological polar surface area (TPSA) is 49.4 Å². The van der Waals surface area contributed by atoms with Gasteiger partial charge in [0.25, 0.3) is 5.91 Å². The van der Waals surface area contributed by atoms with Crippen molar-refractivity contribution in [3.05, 3.63) is 34.9 Å². The molecule has 1 amide bonds. The van der Waals surface area contributed by atoms with E-state index in [0.29, 0.717) is 12.1 Å². The van der Waals surface area contributed by atoms with Crippen LogP contribution in [0.5, 0.6) is 0 Å². The molecule has 0 bridgehead atoms. The number of Topliss-reactive ketones (excluding diaryl/α,β-unsaturated/α-hetero) is 1. The van der Waals surface area contributed by atoms with Crippen LogP contribution in [0.15, 0.2) is 18.2 Å². The van der Waals surface area contributed by atoms with Crippen LogP contribution < -0.4 is 5.32 Å². The van der Waals surface area contributed by atoms with Gasteiger partial charge in [0.05, 0.1) is 0 Å². The van der Waals surface area contributed by atoms with Crippen molar-refractivity contribution in [1.29, 1.82) is 0 Å². The van der Waals surface area contributed by atoms with Crippen molar-refractivity contribution < 1.29 is 9.59 Å². The lowest BCUT2D eigenvalue weighted by atomic mass is 10.0. The summed E-state index contributed by atoms with van der Waals surface area (Å²) in [5.74, 6) is -0.991. The van der Waals surface area contributed by atoms with Gasteiger partial charge >= 0.3 is 0 Å². The van der Waals surface area contributed by atoms with Crippen LogP contribution in [-0.4, -0.2) is 43.8 Å². The highest BCUT2D eigenvalue weighted by atomic mass is 16.2. The molecule has 4 heteroatoms. The second-order valence-electron chi connectivity index (χ2n) is 5.04. The molecule has 0 atom stereocenters. The van der Waals surface area contributed by atoms with Gasteiger partial charge in [0, 0.05) is 12.1 Å². The van der Waals surface area contributed by atoms with Crippen LogP contribution in [0, 0.1) is 13.8 Å². The quantitative estimate of drug-likeness (QED) is 0.481. The third-order valence-electron chi connectivity index (χ3n) is 3.04. The summed E-state index contributed by atoms with van der Waals surface area (Å²) in [6, 6.07) is 5.32. The number of carbonyl (C=O) groups is 2. The number of hydrogen-bond acceptors (Lipinski definition) is 3. The predicted molar refractivity (Wildman–Crippen MR) is 76.4 cm³/mol. The third kappa shape index (κ3) is 4.83. The van der Waals surface area contributed by atoms with E-state index in [9.17, 15) is 9.59 Å². The lowest BCUT2D eigenvalue weighted by molar-refractivity contribution is -0.117. The molecule has 0 aliphatic carbocycles. The number of nitrogens with one attached hydrogen (secondary N) is 1. The first kappa shape index (κ1) is 15.4. The van der Waals surface area contributed by atoms with Gasteiger partial charge in [-0.15, -0.1) is 0 Å². The molecule has 0 fully saturated rings. The van der Waals surface area contributed by atoms with Gasteiger partial charge in [-0.05, 0) is 58.1 Å². The van der Waals surface area contributed by atoms with Gasteiger partial charge in [0.2, 0.25) is 5.78 Å². The zero-order valence-corrected chi connectivity index (χ0v) is 12.1. The molecule has 104 valence electrons. The van der Waals surface area contributed by atoms with Gasteiger partial charge in [-0.25, -0.2) is 0 Å². The molecule has 1 aromatic rings. The molecule has 0 aliphatic rings. The largest absolute Gasteiger partial charge is 0.349 e. The van der Waals surface area contributed by atoms with Crippen LogP contribution in [-0.2, 0) is 4.79 Å². The van der Waals surface area contributed by atoms with E-state index in [2.05, 4.69) is 5.32 Å². The predicted octanol–water partition coefficient (Wildman–Crippen LogP) is 1.55. The summed E-state index contributed by atoms with van der Waals surface area (Å²) in [5.41, 5.74) is 2.59. The molecule has 1 N–H and O–H groups in total. The molecule has 0 heterocycles. The standard InChI is InChI=1S/C15H22N2O2/c1-11-6-7-13(10-12(11)2)14(18)15(19)16-8-5-9-17(3)4/h6-7,10H,5,8-9H2,1-4H3,(H,16,19). The van der Waals surface area contributed by atoms with Crippen LogP contribution in [0.25, 0.3) is 0 Å². The fourth-order valence-electron chi connectivity index (χ4n) is 1.69. The van der Waals surface area contributed by atoms with E-state index in [-0.39, 0.29) is 0 Å². The summed E-state index contributed by atoms with van der Waals surface area (Å²) >= 11 is 0. The molecule has 1 rings (SSSR count). The zero-order valence-electron chi connectivity index (χ0n) is 12.1. The number of carbonyl (C=O) groups excluding carboxylic acids is 2. The van der Waals surface area contributed by atoms with Crippen molar-refractivity contribution in [1.82, 2.24) is 10.2 Å². The summed E-state index contributed by atoms with van der Waals surface area (Å²) in [7, 11) is 3.95. The van der Waals surface area contributed by atoms with Crippen molar-refractivity contribution in [3.63, 3.8) is 0 Å². The minimum Gasteiger partial charge on any atom is -0.349 e. The number of rotatable bonds is 6. The van der Waals surface area contributed by atoms with Crippen LogP contribution in [0.2, 0.25) is 0 Å². The second kappa shape index (κ2) is 7.04. The summed E-state index contributed by atoms with van der Waals surface area (Å²) in [6.07, 6.45) is 0.832. The lowest BCUT2D eigenvalue weighted by Gasteiger charge is -2.09. The number of amides is 1. The molecule has 0 spiro atoms. The number of benzene rings is 1. The Morgan fingerprint density at radius 3 is 2.42 bits per heavy atom. The smallest absolute Gasteiger partial charge is 0.292 e. The van der Waals surface area contributed by atoms with Gasteiger partial charge < -0.3 is 10.2 Å². The fourth-order valence-corrected chi connectivity index (χ4v) is 1.69. The molecule has 0 saturated carbocycles. The minimum atomic E-state index is -0.526. The van der Waals surface area contributed by atoms with Crippen LogP contribution >= 0.6 is 0 Å². The van der Waals surface area contributed by atoms with E-state index in [4.69, 9.17) is 0 Å². The molecule has 0 saturated heterocycles. The van der Waals surface area contributed by atoms with Gasteiger partial charge in [0.15, 0.2) is 0 Å². The molecule has 0 aliphatic heterocycles. The molecule has 4 nitrogen and oxygen atoms in total. The molecular weight excluding hydrogens is 240 g/mol. The monoisotopic (exact) mass is 262 g/mol. The Kier molecular flexibility index (Phi) is 5.70. The minimum absolute atomic E-state index is 0.452. The van der Waals surface area contributed by atoms with Crippen molar-refractivity contribution in [2.75, 3.05) is 27.2 Å². The lowest BCUT2D eigenvalue weighted by Crippen LogP contribution is -2.33. The first-order chi connectivity index (χ1) is 8.91. The number of hydrogen-bond donors (Lipinski definition) is 1. The second-order valence-corrected chi connectivity index (χ2v) is 5.04. The third-order valence-corrected chi connectivity index (χ3v) is 3.04. The Morgan fingerprint density at radius 1 is 1.16 bits per heavy atom. The van der Waals surface area contributed by atoms with Crippen LogP contribution in [0.3, 0.4) is 0 Å². The summed E-state index contributed by atoms with van der Waals surface area (Å²) in [6.45, 7) is 5.32. The normalized spacial score (nSPS) is 10.6. The van der Waals surface area contributed by atoms with Crippen molar-refractivity contribution >= 4 is 11.7 Å². The molecule has 0 unspecified atom stereocenters. The molecule has 19 heavy (non-hydrogen) atoms. The van der Waals surface area contributed by atoms with E-state index < -0.39 is 11.7 Å². The van der Waals surface area contributed by atoms with E-state index >= 15 is 0 Å². The first-order valence-electron chi connectivity index (χ1n) is 6.46. The maximum absolute atomic E-state index is 11.9. The Bertz CT molecular complexity index is 467. The van der Waals surface area contributed by atoms with E-state index in [1.807, 2.05) is 38.9 Å². The van der Waals surface area contributed by atoms with Gasteiger partial charge in [0.1, 0.15) is 0 Å². The van der Waals surface area contributed by atoms with E-state index in [1.54, 1.807) is 12.1 Å². The Morgan fingerprint density at radius 2 is 1.84 bits per heavy atom. The Balaban J connectivity index is 2.52. The summed E-state index contributed by atoms with van der Waals surface area (Å²) in [5, 5.41) is 2.66. The van der Waals surface area contributed by atoms with E-state index in [0.717, 1.165) is 24.1 Å². The van der Waals surface area contributed by atoms with Gasteiger partial charge in [-0.1, -0.05) is 12.1 Å². The fraction of sp³-hybridized carbons (Fsp3) is 0.467. The van der Waals surface area contributed by atoms with Gasteiger partial charge in [-0.3, -0.25) is 9.59 Å². The summed E-state index contributed by atoms with van der Waals surface area (Å²) in [4.78, 5) is 25.7. The molecule has 0 aromatic heterocycles. The molecule has 1 aromatic carbocycles. The molecule has 0 radical (unpaired) electrons. The first-order valence-corrected chi connectivity index (χ1v) is 6.46. The highest BCUT2D eigenvalue weighted by Gasteiger charge is 2.15.